The Morgan fingerprint density at radius 2 is 1.73 bits per heavy atom. The molecular formula is C18H25F2N5S. The first-order valence-electron chi connectivity index (χ1n) is 9.11. The molecule has 0 spiro atoms. The number of nitrogens with one attached hydrogen (secondary N) is 1. The molecule has 1 aliphatic heterocycles. The topological polar surface area (TPSA) is 56.9 Å². The maximum atomic E-state index is 14.5. The lowest BCUT2D eigenvalue weighted by molar-refractivity contribution is 0.147. The third-order valence-corrected chi connectivity index (χ3v) is 5.24. The lowest BCUT2D eigenvalue weighted by Gasteiger charge is -2.41. The van der Waals surface area contributed by atoms with Gasteiger partial charge in [-0.15, -0.1) is 0 Å². The van der Waals surface area contributed by atoms with Gasteiger partial charge in [-0.2, -0.15) is 5.10 Å². The summed E-state index contributed by atoms with van der Waals surface area (Å²) in [6.45, 7) is 2.98. The third-order valence-electron chi connectivity index (χ3n) is 5.15. The molecular weight excluding hydrogens is 356 g/mol. The van der Waals surface area contributed by atoms with Crippen molar-refractivity contribution in [1.29, 1.82) is 0 Å². The van der Waals surface area contributed by atoms with E-state index in [1.54, 1.807) is 4.90 Å². The van der Waals surface area contributed by atoms with E-state index in [0.29, 0.717) is 24.7 Å². The number of benzene rings is 1. The summed E-state index contributed by atoms with van der Waals surface area (Å²) in [6, 6.07) is 3.19. The van der Waals surface area contributed by atoms with Gasteiger partial charge in [0, 0.05) is 37.8 Å². The number of hydrazone groups is 1. The van der Waals surface area contributed by atoms with Crippen LogP contribution in [0.1, 0.15) is 37.7 Å². The summed E-state index contributed by atoms with van der Waals surface area (Å²) in [5.74, 6) is -1.15. The molecule has 3 rings (SSSR count). The zero-order chi connectivity index (χ0) is 18.5. The highest BCUT2D eigenvalue weighted by atomic mass is 32.1. The van der Waals surface area contributed by atoms with Crippen molar-refractivity contribution in [3.8, 4) is 0 Å². The Balaban J connectivity index is 1.64. The molecule has 0 unspecified atom stereocenters. The number of rotatable bonds is 4. The largest absolute Gasteiger partial charge is 0.375 e. The van der Waals surface area contributed by atoms with Crippen molar-refractivity contribution < 1.29 is 8.78 Å². The lowest BCUT2D eigenvalue weighted by Crippen LogP contribution is -2.51. The van der Waals surface area contributed by atoms with Gasteiger partial charge < -0.3 is 10.6 Å². The molecule has 0 atom stereocenters. The van der Waals surface area contributed by atoms with Crippen LogP contribution in [-0.4, -0.2) is 48.4 Å². The molecule has 0 amide bonds. The molecule has 1 saturated carbocycles. The Morgan fingerprint density at radius 3 is 2.31 bits per heavy atom. The first kappa shape index (κ1) is 19.0. The normalized spacial score (nSPS) is 19.8. The smallest absolute Gasteiger partial charge is 0.184 e. The summed E-state index contributed by atoms with van der Waals surface area (Å²) in [5.41, 5.74) is 7.98. The minimum Gasteiger partial charge on any atom is -0.375 e. The van der Waals surface area contributed by atoms with Crippen molar-refractivity contribution in [3.05, 3.63) is 29.3 Å². The fraction of sp³-hybridized carbons (Fsp3) is 0.556. The maximum Gasteiger partial charge on any atom is 0.184 e. The molecule has 142 valence electrons. The molecule has 2 aliphatic rings. The SMILES string of the molecule is NC(=S)N/N=C/c1cc(F)c(N2CCN(C3CCCCC3)CC2)c(F)c1. The first-order valence-corrected chi connectivity index (χ1v) is 9.52. The van der Waals surface area contributed by atoms with Crippen LogP contribution in [0, 0.1) is 11.6 Å². The van der Waals surface area contributed by atoms with Crippen molar-refractivity contribution in [2.45, 2.75) is 38.1 Å². The van der Waals surface area contributed by atoms with Gasteiger partial charge >= 0.3 is 0 Å². The molecule has 5 nitrogen and oxygen atoms in total. The number of thiocarbonyl (C=S) groups is 1. The summed E-state index contributed by atoms with van der Waals surface area (Å²) in [4.78, 5) is 4.28. The molecule has 8 heteroatoms. The van der Waals surface area contributed by atoms with Crippen LogP contribution in [0.4, 0.5) is 14.5 Å². The highest BCUT2D eigenvalue weighted by Gasteiger charge is 2.27. The van der Waals surface area contributed by atoms with E-state index < -0.39 is 11.6 Å². The number of anilines is 1. The third kappa shape index (κ3) is 4.67. The molecule has 1 saturated heterocycles. The molecule has 2 fully saturated rings. The van der Waals surface area contributed by atoms with Crippen molar-refractivity contribution >= 4 is 29.2 Å². The minimum atomic E-state index is -0.576. The number of nitrogens with zero attached hydrogens (tertiary/aromatic N) is 3. The zero-order valence-electron chi connectivity index (χ0n) is 14.8. The maximum absolute atomic E-state index is 14.5. The molecule has 0 radical (unpaired) electrons. The fourth-order valence-electron chi connectivity index (χ4n) is 3.89. The van der Waals surface area contributed by atoms with Crippen LogP contribution in [-0.2, 0) is 0 Å². The van der Waals surface area contributed by atoms with Crippen LogP contribution in [0.25, 0.3) is 0 Å². The number of piperazine rings is 1. The van der Waals surface area contributed by atoms with Gasteiger partial charge in [0.05, 0.1) is 6.21 Å². The Kier molecular flexibility index (Phi) is 6.37. The van der Waals surface area contributed by atoms with Gasteiger partial charge in [0.2, 0.25) is 0 Å². The quantitative estimate of drug-likeness (QED) is 0.477. The molecule has 1 aliphatic carbocycles. The summed E-state index contributed by atoms with van der Waals surface area (Å²) >= 11 is 4.62. The van der Waals surface area contributed by atoms with Crippen LogP contribution in [0.3, 0.4) is 0 Å². The van der Waals surface area contributed by atoms with E-state index in [1.807, 2.05) is 0 Å². The summed E-state index contributed by atoms with van der Waals surface area (Å²) in [5, 5.41) is 3.73. The number of nitrogens with two attached hydrogens (primary N) is 1. The number of hydrogen-bond donors (Lipinski definition) is 2. The number of halogens is 2. The average molecular weight is 381 g/mol. The summed E-state index contributed by atoms with van der Waals surface area (Å²) in [7, 11) is 0. The predicted octanol–water partition coefficient (Wildman–Crippen LogP) is 2.59. The van der Waals surface area contributed by atoms with E-state index in [0.717, 1.165) is 13.1 Å². The molecule has 3 N–H and O–H groups in total. The standard InChI is InChI=1S/C18H25F2N5S/c19-15-10-13(12-22-23-18(21)26)11-16(20)17(15)25-8-6-24(7-9-25)14-4-2-1-3-5-14/h10-12,14H,1-9H2,(H3,21,23,26)/b22-12+. The van der Waals surface area contributed by atoms with Crippen molar-refractivity contribution in [2.24, 2.45) is 10.8 Å². The van der Waals surface area contributed by atoms with Gasteiger partial charge in [-0.25, -0.2) is 8.78 Å². The number of hydrogen-bond acceptors (Lipinski definition) is 4. The Bertz CT molecular complexity index is 645. The van der Waals surface area contributed by atoms with E-state index in [1.165, 1.54) is 50.5 Å². The van der Waals surface area contributed by atoms with E-state index in [2.05, 4.69) is 27.6 Å². The first-order chi connectivity index (χ1) is 12.5. The molecule has 0 bridgehead atoms. The van der Waals surface area contributed by atoms with Crippen LogP contribution in [0.15, 0.2) is 17.2 Å². The van der Waals surface area contributed by atoms with Gasteiger partial charge in [0.15, 0.2) is 5.11 Å². The van der Waals surface area contributed by atoms with Crippen molar-refractivity contribution in [3.63, 3.8) is 0 Å². The van der Waals surface area contributed by atoms with Crippen LogP contribution in [0.2, 0.25) is 0 Å². The van der Waals surface area contributed by atoms with Gasteiger partial charge in [-0.05, 0) is 37.2 Å². The second-order valence-corrected chi connectivity index (χ2v) is 7.32. The van der Waals surface area contributed by atoms with E-state index in [-0.39, 0.29) is 10.8 Å². The van der Waals surface area contributed by atoms with Crippen molar-refractivity contribution in [1.82, 2.24) is 10.3 Å². The molecule has 1 heterocycles. The van der Waals surface area contributed by atoms with E-state index in [4.69, 9.17) is 5.73 Å². The van der Waals surface area contributed by atoms with Gasteiger partial charge in [-0.3, -0.25) is 10.3 Å². The summed E-state index contributed by atoms with van der Waals surface area (Å²) in [6.07, 6.45) is 7.70. The Morgan fingerprint density at radius 1 is 1.12 bits per heavy atom. The lowest BCUT2D eigenvalue weighted by atomic mass is 9.94. The Hall–Kier alpha value is -1.80. The molecule has 26 heavy (non-hydrogen) atoms. The second kappa shape index (κ2) is 8.73. The van der Waals surface area contributed by atoms with E-state index in [9.17, 15) is 8.78 Å². The zero-order valence-corrected chi connectivity index (χ0v) is 15.6. The van der Waals surface area contributed by atoms with Gasteiger partial charge in [0.1, 0.15) is 17.3 Å². The molecule has 1 aromatic rings. The molecule has 0 aromatic heterocycles. The van der Waals surface area contributed by atoms with E-state index >= 15 is 0 Å². The Labute approximate surface area is 158 Å². The monoisotopic (exact) mass is 381 g/mol. The summed E-state index contributed by atoms with van der Waals surface area (Å²) < 4.78 is 29.0. The predicted molar refractivity (Wildman–Crippen MR) is 105 cm³/mol. The van der Waals surface area contributed by atoms with Crippen LogP contribution in [0.5, 0.6) is 0 Å². The average Bonchev–Trinajstić information content (AvgIpc) is 2.62. The minimum absolute atomic E-state index is 0.00495. The fourth-order valence-corrected chi connectivity index (χ4v) is 3.94. The second-order valence-electron chi connectivity index (χ2n) is 6.88. The highest BCUT2D eigenvalue weighted by Crippen LogP contribution is 2.28. The molecule has 1 aromatic carbocycles. The van der Waals surface area contributed by atoms with Crippen LogP contribution >= 0.6 is 12.2 Å². The van der Waals surface area contributed by atoms with Gasteiger partial charge in [0.25, 0.3) is 0 Å². The van der Waals surface area contributed by atoms with Crippen molar-refractivity contribution in [2.75, 3.05) is 31.1 Å². The van der Waals surface area contributed by atoms with Gasteiger partial charge in [-0.1, -0.05) is 19.3 Å². The highest BCUT2D eigenvalue weighted by molar-refractivity contribution is 7.80. The van der Waals surface area contributed by atoms with Crippen LogP contribution < -0.4 is 16.1 Å².